The van der Waals surface area contributed by atoms with E-state index in [2.05, 4.69) is 6.07 Å². The molecular formula is C16H19NOS. The van der Waals surface area contributed by atoms with E-state index in [4.69, 9.17) is 5.73 Å². The van der Waals surface area contributed by atoms with Gasteiger partial charge in [0.2, 0.25) is 0 Å². The predicted molar refractivity (Wildman–Crippen MR) is 80.2 cm³/mol. The molecule has 0 radical (unpaired) electrons. The van der Waals surface area contributed by atoms with Crippen LogP contribution in [0.15, 0.2) is 47.8 Å². The van der Waals surface area contributed by atoms with Crippen molar-refractivity contribution >= 4 is 17.1 Å². The van der Waals surface area contributed by atoms with E-state index >= 15 is 0 Å². The Kier molecular flexibility index (Phi) is 4.88. The van der Waals surface area contributed by atoms with E-state index in [9.17, 15) is 4.79 Å². The molecule has 19 heavy (non-hydrogen) atoms. The van der Waals surface area contributed by atoms with Gasteiger partial charge in [-0.1, -0.05) is 43.3 Å². The van der Waals surface area contributed by atoms with Gasteiger partial charge in [-0.3, -0.25) is 4.79 Å². The molecule has 0 saturated carbocycles. The fraction of sp³-hybridized carbons (Fsp3) is 0.312. The van der Waals surface area contributed by atoms with Crippen molar-refractivity contribution in [2.75, 3.05) is 0 Å². The van der Waals surface area contributed by atoms with Crippen molar-refractivity contribution in [3.05, 3.63) is 58.3 Å². The molecule has 0 spiro atoms. The molecule has 0 aliphatic carbocycles. The highest BCUT2D eigenvalue weighted by Gasteiger charge is 2.21. The van der Waals surface area contributed by atoms with Crippen molar-refractivity contribution in [2.24, 2.45) is 11.7 Å². The summed E-state index contributed by atoms with van der Waals surface area (Å²) in [6.45, 7) is 1.93. The third-order valence-electron chi connectivity index (χ3n) is 3.43. The largest absolute Gasteiger partial charge is 0.323 e. The Hall–Kier alpha value is -1.45. The van der Waals surface area contributed by atoms with E-state index in [0.717, 1.165) is 12.0 Å². The van der Waals surface area contributed by atoms with Gasteiger partial charge in [0.15, 0.2) is 0 Å². The Morgan fingerprint density at radius 1 is 1.21 bits per heavy atom. The zero-order valence-corrected chi connectivity index (χ0v) is 11.9. The molecule has 2 nitrogen and oxygen atoms in total. The third-order valence-corrected chi connectivity index (χ3v) is 4.37. The summed E-state index contributed by atoms with van der Waals surface area (Å²) in [5.41, 5.74) is 7.20. The molecule has 2 rings (SSSR count). The lowest BCUT2D eigenvalue weighted by Crippen LogP contribution is -2.26. The fourth-order valence-electron chi connectivity index (χ4n) is 2.09. The van der Waals surface area contributed by atoms with Crippen LogP contribution in [0, 0.1) is 5.92 Å². The van der Waals surface area contributed by atoms with Crippen molar-refractivity contribution < 1.29 is 4.79 Å². The number of Topliss-reactive ketones (excluding diaryl/α,β-unsaturated/α-hetero) is 1. The van der Waals surface area contributed by atoms with Crippen molar-refractivity contribution in [3.8, 4) is 0 Å². The molecule has 2 unspecified atom stereocenters. The minimum atomic E-state index is -0.211. The number of hydrogen-bond donors (Lipinski definition) is 1. The molecule has 100 valence electrons. The first-order valence-corrected chi connectivity index (χ1v) is 7.42. The number of rotatable bonds is 6. The van der Waals surface area contributed by atoms with Crippen LogP contribution in [0.5, 0.6) is 0 Å². The first-order chi connectivity index (χ1) is 9.18. The summed E-state index contributed by atoms with van der Waals surface area (Å²) in [6.07, 6.45) is 1.39. The van der Waals surface area contributed by atoms with Gasteiger partial charge in [0.25, 0.3) is 0 Å². The van der Waals surface area contributed by atoms with Gasteiger partial charge in [-0.25, -0.2) is 0 Å². The molecule has 1 aromatic heterocycles. The molecular weight excluding hydrogens is 254 g/mol. The van der Waals surface area contributed by atoms with Gasteiger partial charge in [-0.2, -0.15) is 0 Å². The number of nitrogens with two attached hydrogens (primary N) is 1. The first-order valence-electron chi connectivity index (χ1n) is 6.54. The summed E-state index contributed by atoms with van der Waals surface area (Å²) in [4.78, 5) is 13.4. The van der Waals surface area contributed by atoms with Gasteiger partial charge < -0.3 is 5.73 Å². The molecule has 0 fully saturated rings. The smallest absolute Gasteiger partial charge is 0.137 e. The van der Waals surface area contributed by atoms with Crippen LogP contribution in [0.25, 0.3) is 0 Å². The maximum Gasteiger partial charge on any atom is 0.137 e. The van der Waals surface area contributed by atoms with E-state index in [1.165, 1.54) is 4.88 Å². The van der Waals surface area contributed by atoms with Crippen LogP contribution in [-0.2, 0) is 11.2 Å². The lowest BCUT2D eigenvalue weighted by Gasteiger charge is -2.19. The second kappa shape index (κ2) is 6.64. The lowest BCUT2D eigenvalue weighted by molar-refractivity contribution is -0.122. The maximum atomic E-state index is 12.2. The van der Waals surface area contributed by atoms with Crippen LogP contribution >= 0.6 is 11.3 Å². The number of aryl methyl sites for hydroxylation is 1. The van der Waals surface area contributed by atoms with Crippen LogP contribution in [0.2, 0.25) is 0 Å². The summed E-state index contributed by atoms with van der Waals surface area (Å²) in [5.74, 6) is 0.104. The van der Waals surface area contributed by atoms with Gasteiger partial charge in [0, 0.05) is 23.3 Å². The summed E-state index contributed by atoms with van der Waals surface area (Å²) in [7, 11) is 0. The van der Waals surface area contributed by atoms with Crippen LogP contribution in [0.3, 0.4) is 0 Å². The van der Waals surface area contributed by atoms with Gasteiger partial charge in [-0.05, 0) is 23.4 Å². The molecule has 2 atom stereocenters. The van der Waals surface area contributed by atoms with Gasteiger partial charge in [-0.15, -0.1) is 11.3 Å². The summed E-state index contributed by atoms with van der Waals surface area (Å²) in [5, 5.41) is 2.04. The predicted octanol–water partition coefficient (Wildman–Crippen LogP) is 3.59. The minimum Gasteiger partial charge on any atom is -0.323 e. The van der Waals surface area contributed by atoms with Gasteiger partial charge >= 0.3 is 0 Å². The summed E-state index contributed by atoms with van der Waals surface area (Å²) >= 11 is 1.70. The normalized spacial score (nSPS) is 14.0. The van der Waals surface area contributed by atoms with Crippen molar-refractivity contribution in [1.82, 2.24) is 0 Å². The van der Waals surface area contributed by atoms with Crippen LogP contribution in [0.4, 0.5) is 0 Å². The number of ketones is 1. The van der Waals surface area contributed by atoms with Crippen LogP contribution in [-0.4, -0.2) is 5.78 Å². The number of thiophene rings is 1. The summed E-state index contributed by atoms with van der Waals surface area (Å²) in [6, 6.07) is 13.7. The molecule has 2 aromatic rings. The number of benzene rings is 1. The molecule has 0 amide bonds. The number of carbonyl (C=O) groups excluding carboxylic acids is 1. The number of carbonyl (C=O) groups is 1. The molecule has 0 bridgehead atoms. The molecule has 1 heterocycles. The zero-order valence-electron chi connectivity index (χ0n) is 11.1. The molecule has 0 aliphatic rings. The van der Waals surface area contributed by atoms with E-state index in [1.807, 2.05) is 48.7 Å². The molecule has 3 heteroatoms. The monoisotopic (exact) mass is 273 g/mol. The third kappa shape index (κ3) is 3.75. The Labute approximate surface area is 118 Å². The second-order valence-electron chi connectivity index (χ2n) is 4.77. The number of hydrogen-bond acceptors (Lipinski definition) is 3. The quantitative estimate of drug-likeness (QED) is 0.874. The maximum absolute atomic E-state index is 12.2. The standard InChI is InChI=1S/C16H19NOS/c1-12(16(17)13-6-3-2-4-7-13)15(18)10-9-14-8-5-11-19-14/h2-8,11-12,16H,9-10,17H2,1H3. The van der Waals surface area contributed by atoms with Crippen LogP contribution < -0.4 is 5.73 Å². The minimum absolute atomic E-state index is 0.137. The fourth-order valence-corrected chi connectivity index (χ4v) is 2.80. The molecule has 1 aromatic carbocycles. The van der Waals surface area contributed by atoms with E-state index in [1.54, 1.807) is 11.3 Å². The second-order valence-corrected chi connectivity index (χ2v) is 5.80. The zero-order chi connectivity index (χ0) is 13.7. The van der Waals surface area contributed by atoms with Crippen molar-refractivity contribution in [1.29, 1.82) is 0 Å². The SMILES string of the molecule is CC(C(=O)CCc1cccs1)C(N)c1ccccc1. The van der Waals surface area contributed by atoms with Crippen molar-refractivity contribution in [3.63, 3.8) is 0 Å². The average molecular weight is 273 g/mol. The highest BCUT2D eigenvalue weighted by Crippen LogP contribution is 2.22. The Morgan fingerprint density at radius 2 is 1.95 bits per heavy atom. The van der Waals surface area contributed by atoms with Gasteiger partial charge in [0.1, 0.15) is 5.78 Å². The lowest BCUT2D eigenvalue weighted by atomic mass is 9.90. The van der Waals surface area contributed by atoms with Gasteiger partial charge in [0.05, 0.1) is 0 Å². The highest BCUT2D eigenvalue weighted by molar-refractivity contribution is 7.09. The molecule has 0 saturated heterocycles. The molecule has 2 N–H and O–H groups in total. The first kappa shape index (κ1) is 14.0. The Balaban J connectivity index is 1.91. The van der Waals surface area contributed by atoms with Crippen LogP contribution in [0.1, 0.15) is 29.8 Å². The Bertz CT molecular complexity index is 507. The Morgan fingerprint density at radius 3 is 2.58 bits per heavy atom. The highest BCUT2D eigenvalue weighted by atomic mass is 32.1. The summed E-state index contributed by atoms with van der Waals surface area (Å²) < 4.78 is 0. The topological polar surface area (TPSA) is 43.1 Å². The van der Waals surface area contributed by atoms with Crippen molar-refractivity contribution in [2.45, 2.75) is 25.8 Å². The molecule has 0 aliphatic heterocycles. The van der Waals surface area contributed by atoms with E-state index in [-0.39, 0.29) is 17.7 Å². The average Bonchev–Trinajstić information content (AvgIpc) is 2.97. The van der Waals surface area contributed by atoms with E-state index in [0.29, 0.717) is 6.42 Å². The van der Waals surface area contributed by atoms with E-state index < -0.39 is 0 Å².